The van der Waals surface area contributed by atoms with Crippen LogP contribution in [0.3, 0.4) is 0 Å². The molecule has 1 aromatic rings. The second kappa shape index (κ2) is 6.87. The number of aromatic nitrogens is 3. The Morgan fingerprint density at radius 3 is 2.00 bits per heavy atom. The number of allylic oxidation sites excluding steroid dienone is 7. The van der Waals surface area contributed by atoms with Crippen molar-refractivity contribution < 1.29 is 0 Å². The third-order valence-electron chi connectivity index (χ3n) is 2.31. The molecule has 0 bridgehead atoms. The molecule has 0 aliphatic rings. The van der Waals surface area contributed by atoms with Crippen molar-refractivity contribution in [3.8, 4) is 0 Å². The quantitative estimate of drug-likeness (QED) is 0.766. The van der Waals surface area contributed by atoms with Gasteiger partial charge in [-0.15, -0.1) is 0 Å². The van der Waals surface area contributed by atoms with Crippen molar-refractivity contribution in [2.45, 2.75) is 20.8 Å². The van der Waals surface area contributed by atoms with Crippen molar-refractivity contribution in [1.29, 1.82) is 0 Å². The van der Waals surface area contributed by atoms with E-state index in [0.717, 1.165) is 11.1 Å². The van der Waals surface area contributed by atoms with Crippen LogP contribution in [-0.2, 0) is 0 Å². The van der Waals surface area contributed by atoms with Gasteiger partial charge in [-0.25, -0.2) is 4.98 Å². The largest absolute Gasteiger partial charge is 0.226 e. The van der Waals surface area contributed by atoms with Crippen LogP contribution in [0, 0.1) is 0 Å². The van der Waals surface area contributed by atoms with Gasteiger partial charge in [0.25, 0.3) is 0 Å². The Hall–Kier alpha value is -1.74. The predicted octanol–water partition coefficient (Wildman–Crippen LogP) is 4.09. The fourth-order valence-corrected chi connectivity index (χ4v) is 1.59. The average Bonchev–Trinajstić information content (AvgIpc) is 2.36. The van der Waals surface area contributed by atoms with Gasteiger partial charge >= 0.3 is 0 Å². The van der Waals surface area contributed by atoms with E-state index < -0.39 is 0 Å². The van der Waals surface area contributed by atoms with Crippen molar-refractivity contribution in [1.82, 2.24) is 15.0 Å². The fourth-order valence-electron chi connectivity index (χ4n) is 1.43. The Bertz CT molecular complexity index is 528. The molecule has 0 saturated carbocycles. The van der Waals surface area contributed by atoms with Gasteiger partial charge in [0, 0.05) is 11.1 Å². The molecule has 0 amide bonds. The van der Waals surface area contributed by atoms with Gasteiger partial charge in [-0.05, 0) is 32.4 Å². The van der Waals surface area contributed by atoms with Crippen molar-refractivity contribution >= 4 is 22.7 Å². The zero-order valence-electron chi connectivity index (χ0n) is 10.8. The Labute approximate surface area is 113 Å². The molecule has 0 aliphatic carbocycles. The lowest BCUT2D eigenvalue weighted by atomic mass is 10.2. The van der Waals surface area contributed by atoms with Crippen LogP contribution in [0.15, 0.2) is 37.0 Å². The summed E-state index contributed by atoms with van der Waals surface area (Å²) in [6.07, 6.45) is 9.36. The first-order valence-corrected chi connectivity index (χ1v) is 6.04. The van der Waals surface area contributed by atoms with Crippen LogP contribution in [0.4, 0.5) is 0 Å². The number of rotatable bonds is 4. The second-order valence-corrected chi connectivity index (χ2v) is 3.78. The third-order valence-corrected chi connectivity index (χ3v) is 2.48. The highest BCUT2D eigenvalue weighted by Gasteiger charge is 2.08. The molecule has 3 nitrogen and oxygen atoms in total. The standard InChI is InChI=1S/C14H16ClN3/c1-5-9-11(8-4)13-16-12(10(6-2)7-3)17-14(15)18-13/h5-9H,2H2,1,3-4H3/b9-5-,10-7+,11-8+. The average molecular weight is 262 g/mol. The fraction of sp³-hybridized carbons (Fsp3) is 0.214. The highest BCUT2D eigenvalue weighted by Crippen LogP contribution is 2.17. The van der Waals surface area contributed by atoms with E-state index in [9.17, 15) is 0 Å². The molecule has 0 atom stereocenters. The summed E-state index contributed by atoms with van der Waals surface area (Å²) in [5.74, 6) is 1.10. The van der Waals surface area contributed by atoms with Crippen LogP contribution in [0.5, 0.6) is 0 Å². The van der Waals surface area contributed by atoms with Crippen LogP contribution in [0.1, 0.15) is 32.4 Å². The Balaban J connectivity index is 3.36. The van der Waals surface area contributed by atoms with Gasteiger partial charge in [-0.2, -0.15) is 9.97 Å². The highest BCUT2D eigenvalue weighted by atomic mass is 35.5. The van der Waals surface area contributed by atoms with Gasteiger partial charge in [-0.3, -0.25) is 0 Å². The summed E-state index contributed by atoms with van der Waals surface area (Å²) in [5.41, 5.74) is 1.74. The maximum Gasteiger partial charge on any atom is 0.226 e. The van der Waals surface area contributed by atoms with Crippen LogP contribution in [0.25, 0.3) is 11.1 Å². The van der Waals surface area contributed by atoms with Crippen molar-refractivity contribution in [3.05, 3.63) is 53.9 Å². The topological polar surface area (TPSA) is 38.7 Å². The molecule has 0 spiro atoms. The minimum Gasteiger partial charge on any atom is -0.208 e. The molecule has 1 rings (SSSR count). The first-order chi connectivity index (χ1) is 8.65. The summed E-state index contributed by atoms with van der Waals surface area (Å²) in [6.45, 7) is 9.49. The van der Waals surface area contributed by atoms with Gasteiger partial charge in [-0.1, -0.05) is 37.0 Å². The minimum absolute atomic E-state index is 0.181. The molecule has 0 radical (unpaired) electrons. The summed E-state index contributed by atoms with van der Waals surface area (Å²) in [7, 11) is 0. The van der Waals surface area contributed by atoms with E-state index in [4.69, 9.17) is 11.6 Å². The molecule has 0 unspecified atom stereocenters. The van der Waals surface area contributed by atoms with Gasteiger partial charge < -0.3 is 0 Å². The van der Waals surface area contributed by atoms with Crippen molar-refractivity contribution in [2.75, 3.05) is 0 Å². The summed E-state index contributed by atoms with van der Waals surface area (Å²) in [4.78, 5) is 12.6. The molecule has 0 aromatic carbocycles. The van der Waals surface area contributed by atoms with E-state index in [1.54, 1.807) is 6.08 Å². The molecule has 0 fully saturated rings. The zero-order valence-corrected chi connectivity index (χ0v) is 11.6. The van der Waals surface area contributed by atoms with Gasteiger partial charge in [0.2, 0.25) is 5.28 Å². The lowest BCUT2D eigenvalue weighted by Crippen LogP contribution is -2.01. The Kier molecular flexibility index (Phi) is 5.46. The van der Waals surface area contributed by atoms with E-state index in [-0.39, 0.29) is 5.28 Å². The number of hydrogen-bond acceptors (Lipinski definition) is 3. The van der Waals surface area contributed by atoms with E-state index in [1.165, 1.54) is 0 Å². The van der Waals surface area contributed by atoms with E-state index in [0.29, 0.717) is 11.6 Å². The molecular weight excluding hydrogens is 246 g/mol. The number of nitrogens with zero attached hydrogens (tertiary/aromatic N) is 3. The molecule has 94 valence electrons. The zero-order chi connectivity index (χ0) is 13.5. The van der Waals surface area contributed by atoms with E-state index in [2.05, 4.69) is 21.5 Å². The number of halogens is 1. The van der Waals surface area contributed by atoms with Crippen LogP contribution >= 0.6 is 11.6 Å². The lowest BCUT2D eigenvalue weighted by molar-refractivity contribution is 0.993. The maximum atomic E-state index is 5.93. The molecule has 0 saturated heterocycles. The monoisotopic (exact) mass is 261 g/mol. The summed E-state index contributed by atoms with van der Waals surface area (Å²) in [5, 5.41) is 0.181. The molecule has 1 aromatic heterocycles. The van der Waals surface area contributed by atoms with Gasteiger partial charge in [0.05, 0.1) is 0 Å². The maximum absolute atomic E-state index is 5.93. The third kappa shape index (κ3) is 3.37. The molecule has 1 heterocycles. The lowest BCUT2D eigenvalue weighted by Gasteiger charge is -2.05. The van der Waals surface area contributed by atoms with Crippen molar-refractivity contribution in [3.63, 3.8) is 0 Å². The van der Waals surface area contributed by atoms with Crippen LogP contribution in [-0.4, -0.2) is 15.0 Å². The molecule has 0 N–H and O–H groups in total. The molecular formula is C14H16ClN3. The molecule has 18 heavy (non-hydrogen) atoms. The first-order valence-electron chi connectivity index (χ1n) is 5.66. The first kappa shape index (κ1) is 14.3. The second-order valence-electron chi connectivity index (χ2n) is 3.44. The SMILES string of the molecule is C=C/C(=C\C)c1nc(Cl)nc(C(/C=C\C)=C/C)n1. The van der Waals surface area contributed by atoms with Crippen LogP contribution < -0.4 is 0 Å². The Morgan fingerprint density at radius 1 is 1.00 bits per heavy atom. The Morgan fingerprint density at radius 2 is 1.56 bits per heavy atom. The summed E-state index contributed by atoms with van der Waals surface area (Å²) >= 11 is 5.93. The predicted molar refractivity (Wildman–Crippen MR) is 77.2 cm³/mol. The normalized spacial score (nSPS) is 13.1. The smallest absolute Gasteiger partial charge is 0.208 e. The van der Waals surface area contributed by atoms with Gasteiger partial charge in [0.15, 0.2) is 11.6 Å². The minimum atomic E-state index is 0.181. The van der Waals surface area contributed by atoms with E-state index in [1.807, 2.05) is 45.1 Å². The number of hydrogen-bond donors (Lipinski definition) is 0. The highest BCUT2D eigenvalue weighted by molar-refractivity contribution is 6.28. The summed E-state index contributed by atoms with van der Waals surface area (Å²) < 4.78 is 0. The molecule has 0 aliphatic heterocycles. The molecule has 4 heteroatoms. The van der Waals surface area contributed by atoms with Gasteiger partial charge in [0.1, 0.15) is 0 Å². The summed E-state index contributed by atoms with van der Waals surface area (Å²) in [6, 6.07) is 0. The van der Waals surface area contributed by atoms with Crippen molar-refractivity contribution in [2.24, 2.45) is 0 Å². The van der Waals surface area contributed by atoms with Crippen LogP contribution in [0.2, 0.25) is 5.28 Å². The van der Waals surface area contributed by atoms with E-state index >= 15 is 0 Å².